The lowest BCUT2D eigenvalue weighted by atomic mass is 9.96. The van der Waals surface area contributed by atoms with E-state index in [2.05, 4.69) is 23.5 Å². The number of carbonyl (C=O) groups is 2. The minimum absolute atomic E-state index is 0.0696. The molecular formula is C20H24N2O2. The van der Waals surface area contributed by atoms with E-state index < -0.39 is 0 Å². The van der Waals surface area contributed by atoms with Gasteiger partial charge in [-0.15, -0.1) is 0 Å². The van der Waals surface area contributed by atoms with Crippen molar-refractivity contribution in [1.29, 1.82) is 0 Å². The number of rotatable bonds is 4. The van der Waals surface area contributed by atoms with E-state index in [1.165, 1.54) is 0 Å². The van der Waals surface area contributed by atoms with Crippen molar-refractivity contribution in [3.05, 3.63) is 48.0 Å². The van der Waals surface area contributed by atoms with Crippen molar-refractivity contribution in [3.63, 3.8) is 0 Å². The molecule has 0 aromatic heterocycles. The van der Waals surface area contributed by atoms with Crippen LogP contribution in [0.4, 0.5) is 0 Å². The van der Waals surface area contributed by atoms with Crippen molar-refractivity contribution in [2.75, 3.05) is 19.6 Å². The van der Waals surface area contributed by atoms with Crippen LogP contribution in [-0.4, -0.2) is 36.3 Å². The predicted octanol–water partition coefficient (Wildman–Crippen LogP) is 2.76. The van der Waals surface area contributed by atoms with Gasteiger partial charge in [-0.25, -0.2) is 0 Å². The van der Waals surface area contributed by atoms with Crippen LogP contribution in [0.2, 0.25) is 0 Å². The fraction of sp³-hybridized carbons (Fsp3) is 0.400. The summed E-state index contributed by atoms with van der Waals surface area (Å²) in [6, 6.07) is 14.2. The smallest absolute Gasteiger partial charge is 0.227 e. The van der Waals surface area contributed by atoms with E-state index >= 15 is 0 Å². The van der Waals surface area contributed by atoms with Crippen LogP contribution in [-0.2, 0) is 16.0 Å². The van der Waals surface area contributed by atoms with E-state index in [1.54, 1.807) is 0 Å². The molecular weight excluding hydrogens is 300 g/mol. The normalized spacial score (nSPS) is 17.7. The number of hydrogen-bond donors (Lipinski definition) is 1. The Morgan fingerprint density at radius 1 is 1.17 bits per heavy atom. The average Bonchev–Trinajstić information content (AvgIpc) is 2.62. The number of benzene rings is 2. The summed E-state index contributed by atoms with van der Waals surface area (Å²) in [5.41, 5.74) is 1.05. The van der Waals surface area contributed by atoms with Crippen molar-refractivity contribution in [1.82, 2.24) is 10.2 Å². The van der Waals surface area contributed by atoms with Gasteiger partial charge in [0.25, 0.3) is 0 Å². The maximum Gasteiger partial charge on any atom is 0.227 e. The van der Waals surface area contributed by atoms with Crippen LogP contribution in [0.25, 0.3) is 10.8 Å². The monoisotopic (exact) mass is 324 g/mol. The summed E-state index contributed by atoms with van der Waals surface area (Å²) in [7, 11) is 0. The van der Waals surface area contributed by atoms with Gasteiger partial charge in [-0.3, -0.25) is 9.59 Å². The van der Waals surface area contributed by atoms with Gasteiger partial charge in [-0.2, -0.15) is 0 Å². The molecule has 4 heteroatoms. The van der Waals surface area contributed by atoms with Gasteiger partial charge >= 0.3 is 0 Å². The zero-order valence-electron chi connectivity index (χ0n) is 14.1. The number of nitrogens with one attached hydrogen (secondary N) is 1. The van der Waals surface area contributed by atoms with Gasteiger partial charge in [-0.05, 0) is 36.1 Å². The van der Waals surface area contributed by atoms with Crippen LogP contribution in [0.5, 0.6) is 0 Å². The molecule has 4 nitrogen and oxygen atoms in total. The second-order valence-corrected chi connectivity index (χ2v) is 6.39. The highest BCUT2D eigenvalue weighted by molar-refractivity contribution is 5.90. The van der Waals surface area contributed by atoms with E-state index in [1.807, 2.05) is 36.1 Å². The van der Waals surface area contributed by atoms with Gasteiger partial charge in [-0.1, -0.05) is 42.5 Å². The van der Waals surface area contributed by atoms with E-state index in [0.29, 0.717) is 19.5 Å². The molecule has 2 aromatic carbocycles. The average molecular weight is 324 g/mol. The molecule has 1 atom stereocenters. The Morgan fingerprint density at radius 2 is 1.96 bits per heavy atom. The molecule has 0 aliphatic carbocycles. The Bertz CT molecular complexity index is 736. The summed E-state index contributed by atoms with van der Waals surface area (Å²) in [5, 5.41) is 5.16. The Balaban J connectivity index is 1.71. The molecule has 1 N–H and O–H groups in total. The maximum atomic E-state index is 12.7. The van der Waals surface area contributed by atoms with Gasteiger partial charge in [0.1, 0.15) is 0 Å². The number of piperidine rings is 1. The highest BCUT2D eigenvalue weighted by Crippen LogP contribution is 2.21. The first-order valence-corrected chi connectivity index (χ1v) is 8.71. The van der Waals surface area contributed by atoms with E-state index in [4.69, 9.17) is 0 Å². The quantitative estimate of drug-likeness (QED) is 0.940. The van der Waals surface area contributed by atoms with Crippen LogP contribution in [0.3, 0.4) is 0 Å². The second-order valence-electron chi connectivity index (χ2n) is 6.39. The Morgan fingerprint density at radius 3 is 2.79 bits per heavy atom. The summed E-state index contributed by atoms with van der Waals surface area (Å²) in [4.78, 5) is 26.6. The van der Waals surface area contributed by atoms with Crippen molar-refractivity contribution in [3.8, 4) is 0 Å². The summed E-state index contributed by atoms with van der Waals surface area (Å²) in [5.74, 6) is 0.107. The van der Waals surface area contributed by atoms with Crippen molar-refractivity contribution < 1.29 is 9.59 Å². The Hall–Kier alpha value is -2.36. The first-order chi connectivity index (χ1) is 11.7. The lowest BCUT2D eigenvalue weighted by Gasteiger charge is -2.32. The molecule has 1 aliphatic rings. The molecule has 0 radical (unpaired) electrons. The molecule has 126 valence electrons. The number of likely N-dealkylation sites (tertiary alicyclic amines) is 1. The zero-order chi connectivity index (χ0) is 16.9. The summed E-state index contributed by atoms with van der Waals surface area (Å²) < 4.78 is 0. The van der Waals surface area contributed by atoms with E-state index in [0.717, 1.165) is 35.7 Å². The Kier molecular flexibility index (Phi) is 5.14. The van der Waals surface area contributed by atoms with Crippen LogP contribution in [0.15, 0.2) is 42.5 Å². The fourth-order valence-corrected chi connectivity index (χ4v) is 3.46. The molecule has 1 fully saturated rings. The SMILES string of the molecule is CCNC(=O)[C@@H]1CCCN(C(=O)Cc2cccc3ccccc23)C1. The molecule has 0 bridgehead atoms. The lowest BCUT2D eigenvalue weighted by molar-refractivity contribution is -0.135. The van der Waals surface area contributed by atoms with Crippen molar-refractivity contribution in [2.24, 2.45) is 5.92 Å². The molecule has 24 heavy (non-hydrogen) atoms. The van der Waals surface area contributed by atoms with Crippen LogP contribution in [0, 0.1) is 5.92 Å². The molecule has 1 heterocycles. The molecule has 3 rings (SSSR count). The summed E-state index contributed by atoms with van der Waals surface area (Å²) in [6.45, 7) is 3.85. The van der Waals surface area contributed by atoms with Gasteiger partial charge in [0, 0.05) is 19.6 Å². The third-order valence-electron chi connectivity index (χ3n) is 4.72. The molecule has 2 amide bonds. The van der Waals surface area contributed by atoms with Crippen molar-refractivity contribution in [2.45, 2.75) is 26.2 Å². The van der Waals surface area contributed by atoms with Gasteiger partial charge < -0.3 is 10.2 Å². The highest BCUT2D eigenvalue weighted by atomic mass is 16.2. The number of amides is 2. The third kappa shape index (κ3) is 3.58. The first kappa shape index (κ1) is 16.5. The Labute approximate surface area is 142 Å². The number of hydrogen-bond acceptors (Lipinski definition) is 2. The maximum absolute atomic E-state index is 12.7. The topological polar surface area (TPSA) is 49.4 Å². The van der Waals surface area contributed by atoms with E-state index in [9.17, 15) is 9.59 Å². The zero-order valence-corrected chi connectivity index (χ0v) is 14.1. The summed E-state index contributed by atoms with van der Waals surface area (Å²) in [6.07, 6.45) is 2.15. The largest absolute Gasteiger partial charge is 0.356 e. The highest BCUT2D eigenvalue weighted by Gasteiger charge is 2.28. The van der Waals surface area contributed by atoms with Crippen LogP contribution >= 0.6 is 0 Å². The van der Waals surface area contributed by atoms with Crippen molar-refractivity contribution >= 4 is 22.6 Å². The number of nitrogens with zero attached hydrogens (tertiary/aromatic N) is 1. The predicted molar refractivity (Wildman–Crippen MR) is 95.6 cm³/mol. The third-order valence-corrected chi connectivity index (χ3v) is 4.72. The molecule has 0 spiro atoms. The molecule has 1 aliphatic heterocycles. The standard InChI is InChI=1S/C20H24N2O2/c1-2-21-20(24)17-10-6-12-22(14-17)19(23)13-16-9-5-8-15-7-3-4-11-18(15)16/h3-5,7-9,11,17H,2,6,10,12-14H2,1H3,(H,21,24)/t17-/m1/s1. The number of carbonyl (C=O) groups excluding carboxylic acids is 2. The molecule has 0 unspecified atom stereocenters. The molecule has 0 saturated carbocycles. The fourth-order valence-electron chi connectivity index (χ4n) is 3.46. The minimum Gasteiger partial charge on any atom is -0.356 e. The van der Waals surface area contributed by atoms with E-state index in [-0.39, 0.29) is 17.7 Å². The molecule has 1 saturated heterocycles. The first-order valence-electron chi connectivity index (χ1n) is 8.71. The van der Waals surface area contributed by atoms with Gasteiger partial charge in [0.15, 0.2) is 0 Å². The molecule has 2 aromatic rings. The van der Waals surface area contributed by atoms with Gasteiger partial charge in [0.2, 0.25) is 11.8 Å². The van der Waals surface area contributed by atoms with Gasteiger partial charge in [0.05, 0.1) is 12.3 Å². The second kappa shape index (κ2) is 7.47. The summed E-state index contributed by atoms with van der Waals surface area (Å²) >= 11 is 0. The lowest BCUT2D eigenvalue weighted by Crippen LogP contribution is -2.45. The van der Waals surface area contributed by atoms with Crippen LogP contribution in [0.1, 0.15) is 25.3 Å². The minimum atomic E-state index is -0.0739. The van der Waals surface area contributed by atoms with Crippen LogP contribution < -0.4 is 5.32 Å². The number of fused-ring (bicyclic) bond motifs is 1.